The molecule has 0 unspecified atom stereocenters. The van der Waals surface area contributed by atoms with Crippen LogP contribution in [0.5, 0.6) is 0 Å². The molecule has 1 aliphatic heterocycles. The summed E-state index contributed by atoms with van der Waals surface area (Å²) in [5.41, 5.74) is 3.21. The molecule has 1 saturated heterocycles. The minimum Gasteiger partial charge on any atom is -0.366 e. The summed E-state index contributed by atoms with van der Waals surface area (Å²) < 4.78 is 1.88. The summed E-state index contributed by atoms with van der Waals surface area (Å²) in [6.07, 6.45) is 7.92. The van der Waals surface area contributed by atoms with Crippen LogP contribution in [0.2, 0.25) is 5.02 Å². The zero-order valence-electron chi connectivity index (χ0n) is 20.7. The lowest BCUT2D eigenvalue weighted by atomic mass is 9.67. The number of nitrogens with zero attached hydrogens (tertiary/aromatic N) is 6. The number of halogens is 1. The van der Waals surface area contributed by atoms with Crippen LogP contribution in [-0.4, -0.2) is 49.7 Å². The second-order valence-corrected chi connectivity index (χ2v) is 10.5. The van der Waals surface area contributed by atoms with E-state index in [9.17, 15) is 4.79 Å². The third-order valence-corrected chi connectivity index (χ3v) is 8.20. The van der Waals surface area contributed by atoms with E-state index in [2.05, 4.69) is 38.7 Å². The summed E-state index contributed by atoms with van der Waals surface area (Å²) >= 11 is 6.44. The smallest absolute Gasteiger partial charge is 0.236 e. The SMILES string of the molecule is Cc1c2ccc(Nc3ncc(Cl)c(NC4CCC5(CC4)CCN(C(=O)CC#N)CC5)n3)cc2nn1C. The molecule has 1 amide bonds. The lowest BCUT2D eigenvalue weighted by molar-refractivity contribution is -0.132. The summed E-state index contributed by atoms with van der Waals surface area (Å²) in [4.78, 5) is 22.9. The maximum Gasteiger partial charge on any atom is 0.236 e. The van der Waals surface area contributed by atoms with Crippen molar-refractivity contribution in [2.24, 2.45) is 12.5 Å². The van der Waals surface area contributed by atoms with Crippen molar-refractivity contribution < 1.29 is 4.79 Å². The lowest BCUT2D eigenvalue weighted by Crippen LogP contribution is -2.45. The minimum absolute atomic E-state index is 0.0209. The van der Waals surface area contributed by atoms with E-state index in [1.807, 2.05) is 34.8 Å². The molecule has 0 radical (unpaired) electrons. The zero-order valence-corrected chi connectivity index (χ0v) is 21.5. The number of anilines is 3. The molecule has 188 valence electrons. The molecule has 2 N–H and O–H groups in total. The van der Waals surface area contributed by atoms with Gasteiger partial charge in [0.25, 0.3) is 0 Å². The minimum atomic E-state index is -0.0411. The van der Waals surface area contributed by atoms with Crippen molar-refractivity contribution in [1.82, 2.24) is 24.6 Å². The number of benzene rings is 1. The zero-order chi connectivity index (χ0) is 25.3. The van der Waals surface area contributed by atoms with E-state index in [-0.39, 0.29) is 12.3 Å². The van der Waals surface area contributed by atoms with Gasteiger partial charge in [-0.05, 0) is 69.1 Å². The number of fused-ring (bicyclic) bond motifs is 1. The predicted octanol–water partition coefficient (Wildman–Crippen LogP) is 4.95. The molecule has 1 saturated carbocycles. The van der Waals surface area contributed by atoms with Gasteiger partial charge in [0.1, 0.15) is 11.4 Å². The quantitative estimate of drug-likeness (QED) is 0.503. The molecule has 2 fully saturated rings. The average Bonchev–Trinajstić information content (AvgIpc) is 3.16. The Morgan fingerprint density at radius 3 is 2.72 bits per heavy atom. The van der Waals surface area contributed by atoms with E-state index in [1.54, 1.807) is 6.20 Å². The second kappa shape index (κ2) is 9.94. The van der Waals surface area contributed by atoms with Crippen LogP contribution in [0.3, 0.4) is 0 Å². The number of aryl methyl sites for hydroxylation is 2. The molecule has 1 aromatic carbocycles. The van der Waals surface area contributed by atoms with E-state index < -0.39 is 0 Å². The highest BCUT2D eigenvalue weighted by Gasteiger charge is 2.39. The summed E-state index contributed by atoms with van der Waals surface area (Å²) in [5.74, 6) is 1.08. The molecule has 0 bridgehead atoms. The lowest BCUT2D eigenvalue weighted by Gasteiger charge is -2.46. The Labute approximate surface area is 215 Å². The Morgan fingerprint density at radius 1 is 1.25 bits per heavy atom. The van der Waals surface area contributed by atoms with Gasteiger partial charge in [0.2, 0.25) is 11.9 Å². The molecular weight excluding hydrogens is 476 g/mol. The summed E-state index contributed by atoms with van der Waals surface area (Å²) in [6, 6.07) is 8.31. The number of aromatic nitrogens is 4. The molecule has 1 spiro atoms. The van der Waals surface area contributed by atoms with Gasteiger partial charge < -0.3 is 15.5 Å². The van der Waals surface area contributed by atoms with Gasteiger partial charge in [0.15, 0.2) is 5.82 Å². The first-order valence-corrected chi connectivity index (χ1v) is 12.9. The molecule has 9 nitrogen and oxygen atoms in total. The number of likely N-dealkylation sites (tertiary alicyclic amines) is 1. The van der Waals surface area contributed by atoms with Crippen molar-refractivity contribution in [2.75, 3.05) is 23.7 Å². The molecule has 10 heteroatoms. The number of rotatable bonds is 5. The van der Waals surface area contributed by atoms with Crippen molar-refractivity contribution >= 4 is 45.9 Å². The van der Waals surface area contributed by atoms with E-state index in [0.29, 0.717) is 28.2 Å². The van der Waals surface area contributed by atoms with E-state index in [1.165, 1.54) is 0 Å². The van der Waals surface area contributed by atoms with Gasteiger partial charge in [-0.2, -0.15) is 15.3 Å². The van der Waals surface area contributed by atoms with Gasteiger partial charge in [-0.25, -0.2) is 4.98 Å². The molecule has 2 aromatic heterocycles. The van der Waals surface area contributed by atoms with Crippen molar-refractivity contribution in [3.8, 4) is 6.07 Å². The Hall–Kier alpha value is -3.38. The molecule has 1 aliphatic carbocycles. The van der Waals surface area contributed by atoms with Gasteiger partial charge >= 0.3 is 0 Å². The number of nitriles is 1. The Kier molecular flexibility index (Phi) is 6.71. The summed E-state index contributed by atoms with van der Waals surface area (Å²) in [6.45, 7) is 3.57. The number of hydrogen-bond acceptors (Lipinski definition) is 7. The van der Waals surface area contributed by atoms with Crippen LogP contribution in [0.4, 0.5) is 17.5 Å². The maximum atomic E-state index is 12.0. The first kappa shape index (κ1) is 24.3. The Morgan fingerprint density at radius 2 is 2.00 bits per heavy atom. The van der Waals surface area contributed by atoms with E-state index >= 15 is 0 Å². The fourth-order valence-electron chi connectivity index (χ4n) is 5.54. The fraction of sp³-hybridized carbons (Fsp3) is 0.500. The maximum absolute atomic E-state index is 12.0. The van der Waals surface area contributed by atoms with Crippen LogP contribution in [0.1, 0.15) is 50.6 Å². The van der Waals surface area contributed by atoms with Gasteiger partial charge in [-0.1, -0.05) is 11.6 Å². The largest absolute Gasteiger partial charge is 0.366 e. The van der Waals surface area contributed by atoms with Crippen LogP contribution in [-0.2, 0) is 11.8 Å². The molecule has 0 atom stereocenters. The average molecular weight is 507 g/mol. The Balaban J connectivity index is 1.19. The normalized spacial score (nSPS) is 17.8. The van der Waals surface area contributed by atoms with Crippen molar-refractivity contribution in [1.29, 1.82) is 5.26 Å². The van der Waals surface area contributed by atoms with E-state index in [4.69, 9.17) is 16.9 Å². The van der Waals surface area contributed by atoms with Gasteiger partial charge in [0.05, 0.1) is 17.8 Å². The fourth-order valence-corrected chi connectivity index (χ4v) is 5.69. The highest BCUT2D eigenvalue weighted by Crippen LogP contribution is 2.45. The molecule has 3 heterocycles. The van der Waals surface area contributed by atoms with Gasteiger partial charge in [0, 0.05) is 42.9 Å². The second-order valence-electron chi connectivity index (χ2n) is 10.1. The highest BCUT2D eigenvalue weighted by atomic mass is 35.5. The van der Waals surface area contributed by atoms with Crippen LogP contribution < -0.4 is 10.6 Å². The monoisotopic (exact) mass is 506 g/mol. The number of nitrogens with one attached hydrogen (secondary N) is 2. The Bertz CT molecular complexity index is 1310. The van der Waals surface area contributed by atoms with Crippen molar-refractivity contribution in [3.63, 3.8) is 0 Å². The van der Waals surface area contributed by atoms with Gasteiger partial charge in [-0.3, -0.25) is 9.48 Å². The third kappa shape index (κ3) is 4.96. The molecular formula is C26H31ClN8O. The van der Waals surface area contributed by atoms with E-state index in [0.717, 1.165) is 73.9 Å². The predicted molar refractivity (Wildman–Crippen MR) is 140 cm³/mol. The molecule has 3 aromatic rings. The first-order chi connectivity index (χ1) is 17.4. The van der Waals surface area contributed by atoms with Crippen molar-refractivity contribution in [2.45, 2.75) is 57.9 Å². The molecule has 5 rings (SSSR count). The summed E-state index contributed by atoms with van der Waals surface area (Å²) in [5, 5.41) is 21.8. The number of piperidine rings is 1. The number of amides is 1. The van der Waals surface area contributed by atoms with Crippen molar-refractivity contribution in [3.05, 3.63) is 35.1 Å². The van der Waals surface area contributed by atoms with Crippen LogP contribution in [0.15, 0.2) is 24.4 Å². The van der Waals surface area contributed by atoms with Crippen LogP contribution >= 0.6 is 11.6 Å². The summed E-state index contributed by atoms with van der Waals surface area (Å²) in [7, 11) is 1.94. The number of carbonyl (C=O) groups excluding carboxylic acids is 1. The topological polar surface area (TPSA) is 112 Å². The standard InChI is InChI=1S/C26H31ClN8O/c1-17-20-4-3-19(15-22(20)33-34(17)2)31-25-29-16-21(27)24(32-25)30-18-5-8-26(9-6-18)10-13-35(14-11-26)23(36)7-12-28/h3-4,15-16,18H,5-11,13-14H2,1-2H3,(H2,29,30,31,32). The number of hydrogen-bond donors (Lipinski definition) is 2. The molecule has 2 aliphatic rings. The third-order valence-electron chi connectivity index (χ3n) is 7.93. The van der Waals surface area contributed by atoms with Crippen LogP contribution in [0.25, 0.3) is 10.9 Å². The molecule has 36 heavy (non-hydrogen) atoms. The number of carbonyl (C=O) groups is 1. The van der Waals surface area contributed by atoms with Gasteiger partial charge in [-0.15, -0.1) is 0 Å². The first-order valence-electron chi connectivity index (χ1n) is 12.5. The highest BCUT2D eigenvalue weighted by molar-refractivity contribution is 6.32. The van der Waals surface area contributed by atoms with Crippen LogP contribution in [0, 0.1) is 23.7 Å².